The second-order valence-corrected chi connectivity index (χ2v) is 3.65. The van der Waals surface area contributed by atoms with Crippen molar-refractivity contribution in [1.82, 2.24) is 0 Å². The van der Waals surface area contributed by atoms with E-state index < -0.39 is 17.5 Å². The summed E-state index contributed by atoms with van der Waals surface area (Å²) in [4.78, 5) is 23.3. The highest BCUT2D eigenvalue weighted by atomic mass is 16.5. The number of hydrogen-bond donors (Lipinski definition) is 0. The molecule has 0 aromatic heterocycles. The summed E-state index contributed by atoms with van der Waals surface area (Å²) < 4.78 is 9.28. The molecule has 0 radical (unpaired) electrons. The molecule has 0 saturated carbocycles. The molecule has 0 aromatic rings. The number of ether oxygens (including phenoxy) is 2. The molecule has 0 unspecified atom stereocenters. The van der Waals surface area contributed by atoms with Crippen LogP contribution in [0.4, 0.5) is 0 Å². The highest BCUT2D eigenvalue weighted by Crippen LogP contribution is 2.38. The fourth-order valence-corrected chi connectivity index (χ4v) is 1.84. The number of esters is 2. The van der Waals surface area contributed by atoms with E-state index in [0.717, 1.165) is 0 Å². The lowest BCUT2D eigenvalue weighted by Crippen LogP contribution is -2.31. The maximum Gasteiger partial charge on any atom is 0.359 e. The molecule has 1 aliphatic heterocycles. The first-order chi connectivity index (χ1) is 8.06. The van der Waals surface area contributed by atoms with E-state index >= 15 is 0 Å². The Morgan fingerprint density at radius 3 is 2.06 bits per heavy atom. The van der Waals surface area contributed by atoms with Crippen LogP contribution in [0.2, 0.25) is 0 Å². The zero-order valence-corrected chi connectivity index (χ0v) is 10.4. The summed E-state index contributed by atoms with van der Waals surface area (Å²) in [6.07, 6.45) is 1.13. The summed E-state index contributed by atoms with van der Waals surface area (Å²) in [7, 11) is 2.50. The van der Waals surface area contributed by atoms with Gasteiger partial charge in [0.2, 0.25) is 0 Å². The van der Waals surface area contributed by atoms with E-state index in [9.17, 15) is 9.59 Å². The first-order valence-electron chi connectivity index (χ1n) is 5.40. The van der Waals surface area contributed by atoms with Gasteiger partial charge in [0.05, 0.1) is 14.2 Å². The molecular formula is C11H16N2O4. The average molecular weight is 240 g/mol. The van der Waals surface area contributed by atoms with E-state index in [4.69, 9.17) is 4.74 Å². The molecule has 0 atom stereocenters. The number of rotatable bonds is 4. The molecular weight excluding hydrogens is 224 g/mol. The van der Waals surface area contributed by atoms with Crippen LogP contribution in [0.15, 0.2) is 21.5 Å². The van der Waals surface area contributed by atoms with Crippen LogP contribution in [0.25, 0.3) is 0 Å². The van der Waals surface area contributed by atoms with Crippen LogP contribution >= 0.6 is 0 Å². The number of carbonyl (C=O) groups excluding carboxylic acids is 2. The minimum Gasteiger partial charge on any atom is -0.466 e. The lowest BCUT2D eigenvalue weighted by Gasteiger charge is -2.23. The second kappa shape index (κ2) is 5.07. The zero-order chi connectivity index (χ0) is 13.1. The predicted molar refractivity (Wildman–Crippen MR) is 59.2 cm³/mol. The predicted octanol–water partition coefficient (Wildman–Crippen LogP) is 1.61. The van der Waals surface area contributed by atoms with Gasteiger partial charge >= 0.3 is 11.9 Å². The third-order valence-electron chi connectivity index (χ3n) is 2.98. The molecule has 0 spiro atoms. The summed E-state index contributed by atoms with van der Waals surface area (Å²) in [6.45, 7) is 3.76. The number of methoxy groups -OCH3 is 2. The molecule has 0 saturated heterocycles. The van der Waals surface area contributed by atoms with Gasteiger partial charge in [-0.05, 0) is 12.8 Å². The minimum absolute atomic E-state index is 0.0527. The molecule has 0 N–H and O–H groups in total. The lowest BCUT2D eigenvalue weighted by molar-refractivity contribution is -0.139. The van der Waals surface area contributed by atoms with Crippen LogP contribution in [0, 0.1) is 0 Å². The minimum atomic E-state index is -0.767. The van der Waals surface area contributed by atoms with Gasteiger partial charge in [0.25, 0.3) is 0 Å². The first-order valence-corrected chi connectivity index (χ1v) is 5.40. The van der Waals surface area contributed by atoms with E-state index in [2.05, 4.69) is 15.0 Å². The normalized spacial score (nSPS) is 17.2. The third-order valence-corrected chi connectivity index (χ3v) is 2.98. The number of carbonyl (C=O) groups is 2. The number of azo groups is 1. The molecule has 1 rings (SSSR count). The maximum absolute atomic E-state index is 11.8. The molecule has 6 nitrogen and oxygen atoms in total. The van der Waals surface area contributed by atoms with Crippen LogP contribution in [-0.2, 0) is 19.1 Å². The van der Waals surface area contributed by atoms with Gasteiger partial charge in [-0.1, -0.05) is 13.8 Å². The average Bonchev–Trinajstić information content (AvgIpc) is 2.76. The third kappa shape index (κ3) is 2.07. The van der Waals surface area contributed by atoms with Crippen molar-refractivity contribution in [3.05, 3.63) is 11.3 Å². The van der Waals surface area contributed by atoms with Crippen molar-refractivity contribution in [2.24, 2.45) is 10.2 Å². The largest absolute Gasteiger partial charge is 0.466 e. The van der Waals surface area contributed by atoms with E-state index in [0.29, 0.717) is 12.8 Å². The number of hydrogen-bond acceptors (Lipinski definition) is 6. The van der Waals surface area contributed by atoms with Gasteiger partial charge in [0.15, 0.2) is 5.70 Å². The summed E-state index contributed by atoms with van der Waals surface area (Å²) in [6, 6.07) is 0. The molecule has 1 aliphatic rings. The molecule has 0 amide bonds. The fraction of sp³-hybridized carbons (Fsp3) is 0.636. The summed E-state index contributed by atoms with van der Waals surface area (Å²) in [5.41, 5.74) is -0.628. The topological polar surface area (TPSA) is 77.3 Å². The van der Waals surface area contributed by atoms with Crippen molar-refractivity contribution in [1.29, 1.82) is 0 Å². The van der Waals surface area contributed by atoms with Crippen molar-refractivity contribution in [2.75, 3.05) is 14.2 Å². The molecule has 6 heteroatoms. The molecule has 94 valence electrons. The van der Waals surface area contributed by atoms with Crippen LogP contribution in [-0.4, -0.2) is 31.7 Å². The SMILES string of the molecule is CCC1(CC)N=NC(C(=O)OC)=C1C(=O)OC. The maximum atomic E-state index is 11.8. The zero-order valence-electron chi connectivity index (χ0n) is 10.4. The monoisotopic (exact) mass is 240 g/mol. The van der Waals surface area contributed by atoms with Crippen LogP contribution < -0.4 is 0 Å². The highest BCUT2D eigenvalue weighted by Gasteiger charge is 2.44. The quantitative estimate of drug-likeness (QED) is 0.699. The van der Waals surface area contributed by atoms with Gasteiger partial charge in [0, 0.05) is 0 Å². The Labute approximate surface area is 99.7 Å². The Balaban J connectivity index is 3.32. The van der Waals surface area contributed by atoms with Crippen molar-refractivity contribution in [3.8, 4) is 0 Å². The van der Waals surface area contributed by atoms with Crippen LogP contribution in [0.5, 0.6) is 0 Å². The van der Waals surface area contributed by atoms with Crippen molar-refractivity contribution < 1.29 is 19.1 Å². The first kappa shape index (κ1) is 13.3. The van der Waals surface area contributed by atoms with E-state index in [1.807, 2.05) is 13.8 Å². The molecule has 0 aliphatic carbocycles. The smallest absolute Gasteiger partial charge is 0.359 e. The van der Waals surface area contributed by atoms with Crippen LogP contribution in [0.3, 0.4) is 0 Å². The molecule has 17 heavy (non-hydrogen) atoms. The van der Waals surface area contributed by atoms with Gasteiger partial charge in [-0.3, -0.25) is 0 Å². The standard InChI is InChI=1S/C11H16N2O4/c1-5-11(6-2)7(9(14)16-3)8(12-13-11)10(15)17-4/h5-6H2,1-4H3. The Morgan fingerprint density at radius 2 is 1.65 bits per heavy atom. The molecule has 0 aromatic carbocycles. The summed E-state index contributed by atoms with van der Waals surface area (Å²) >= 11 is 0. The van der Waals surface area contributed by atoms with Gasteiger partial charge in [-0.15, -0.1) is 5.11 Å². The van der Waals surface area contributed by atoms with Crippen LogP contribution in [0.1, 0.15) is 26.7 Å². The van der Waals surface area contributed by atoms with E-state index in [1.54, 1.807) is 0 Å². The van der Waals surface area contributed by atoms with Crippen molar-refractivity contribution in [3.63, 3.8) is 0 Å². The number of nitrogens with zero attached hydrogens (tertiary/aromatic N) is 2. The van der Waals surface area contributed by atoms with Gasteiger partial charge in [0.1, 0.15) is 11.1 Å². The Bertz CT molecular complexity index is 394. The van der Waals surface area contributed by atoms with Gasteiger partial charge in [-0.2, -0.15) is 5.11 Å². The van der Waals surface area contributed by atoms with Crippen molar-refractivity contribution >= 4 is 11.9 Å². The summed E-state index contributed by atoms with van der Waals surface area (Å²) in [5, 5.41) is 7.84. The Kier molecular flexibility index (Phi) is 3.98. The highest BCUT2D eigenvalue weighted by molar-refractivity contribution is 6.02. The molecule has 1 heterocycles. The fourth-order valence-electron chi connectivity index (χ4n) is 1.84. The van der Waals surface area contributed by atoms with Gasteiger partial charge in [-0.25, -0.2) is 9.59 Å². The van der Waals surface area contributed by atoms with E-state index in [-0.39, 0.29) is 11.3 Å². The molecule has 0 bridgehead atoms. The van der Waals surface area contributed by atoms with E-state index in [1.165, 1.54) is 14.2 Å². The molecule has 0 fully saturated rings. The second-order valence-electron chi connectivity index (χ2n) is 3.65. The van der Waals surface area contributed by atoms with Gasteiger partial charge < -0.3 is 9.47 Å². The Morgan fingerprint density at radius 1 is 1.12 bits per heavy atom. The Hall–Kier alpha value is -1.72. The van der Waals surface area contributed by atoms with Crippen molar-refractivity contribution in [2.45, 2.75) is 32.2 Å². The lowest BCUT2D eigenvalue weighted by atomic mass is 9.85. The summed E-state index contributed by atoms with van der Waals surface area (Å²) in [5.74, 6) is -1.25.